The summed E-state index contributed by atoms with van der Waals surface area (Å²) in [4.78, 5) is 2.61. The van der Waals surface area contributed by atoms with E-state index in [-0.39, 0.29) is 11.2 Å². The largest absolute Gasteiger partial charge is 0.305 e. The van der Waals surface area contributed by atoms with Crippen LogP contribution < -0.4 is 0 Å². The summed E-state index contributed by atoms with van der Waals surface area (Å²) in [5.41, 5.74) is 1.60. The standard InChI is InChI=1S/C21H37NO3S/c1-4-18-5-7-19(13-18,8-6-18)15-22(2)16-20-9-11-21(14-20,12-10-20)17-26(23,24)25-3/h4-17H2,1-3H3. The first-order chi connectivity index (χ1) is 12.2. The van der Waals surface area contributed by atoms with E-state index in [1.165, 1.54) is 65.0 Å². The lowest BCUT2D eigenvalue weighted by Gasteiger charge is -2.37. The number of nitrogens with zero attached hydrogens (tertiary/aromatic N) is 1. The van der Waals surface area contributed by atoms with Crippen LogP contribution in [0.15, 0.2) is 0 Å². The Hall–Kier alpha value is -0.130. The Morgan fingerprint density at radius 3 is 1.65 bits per heavy atom. The molecule has 0 N–H and O–H groups in total. The molecule has 4 rings (SSSR count). The summed E-state index contributed by atoms with van der Waals surface area (Å²) in [6.45, 7) is 4.79. The van der Waals surface area contributed by atoms with Gasteiger partial charge in [0.1, 0.15) is 0 Å². The van der Waals surface area contributed by atoms with Crippen LogP contribution in [0.4, 0.5) is 0 Å². The van der Waals surface area contributed by atoms with Gasteiger partial charge in [-0.15, -0.1) is 0 Å². The smallest absolute Gasteiger partial charge is 0.267 e. The summed E-state index contributed by atoms with van der Waals surface area (Å²) in [6.07, 6.45) is 14.1. The van der Waals surface area contributed by atoms with E-state index in [2.05, 4.69) is 18.9 Å². The van der Waals surface area contributed by atoms with Gasteiger partial charge in [0.05, 0.1) is 12.9 Å². The maximum atomic E-state index is 12.0. The molecule has 4 aliphatic rings. The number of hydrogen-bond acceptors (Lipinski definition) is 4. The first kappa shape index (κ1) is 19.2. The second kappa shape index (κ2) is 6.18. The molecule has 150 valence electrons. The van der Waals surface area contributed by atoms with Crippen molar-refractivity contribution >= 4 is 10.1 Å². The zero-order valence-corrected chi connectivity index (χ0v) is 17.8. The Labute approximate surface area is 160 Å². The summed E-state index contributed by atoms with van der Waals surface area (Å²) in [6, 6.07) is 0. The Bertz CT molecular complexity index is 640. The maximum absolute atomic E-state index is 12.0. The molecule has 4 nitrogen and oxygen atoms in total. The molecule has 0 atom stereocenters. The first-order valence-corrected chi connectivity index (χ1v) is 12.2. The molecule has 0 amide bonds. The summed E-state index contributed by atoms with van der Waals surface area (Å²) in [7, 11) is 0.267. The molecular formula is C21H37NO3S. The molecule has 4 fully saturated rings. The SMILES string of the molecule is CCC12CCC(CN(C)CC34CCC(CS(=O)(=O)OC)(CC3)C4)(CC1)C2. The van der Waals surface area contributed by atoms with E-state index in [4.69, 9.17) is 4.18 Å². The van der Waals surface area contributed by atoms with Crippen LogP contribution in [-0.4, -0.2) is 46.3 Å². The van der Waals surface area contributed by atoms with Crippen LogP contribution in [0.1, 0.15) is 77.6 Å². The Kier molecular flexibility index (Phi) is 4.57. The van der Waals surface area contributed by atoms with Gasteiger partial charge in [-0.1, -0.05) is 13.3 Å². The quantitative estimate of drug-likeness (QED) is 0.589. The fourth-order valence-corrected chi connectivity index (χ4v) is 8.91. The molecule has 4 saturated carbocycles. The van der Waals surface area contributed by atoms with Crippen molar-refractivity contribution in [2.75, 3.05) is 33.0 Å². The minimum Gasteiger partial charge on any atom is -0.305 e. The number of rotatable bonds is 8. The van der Waals surface area contributed by atoms with E-state index in [1.807, 2.05) is 0 Å². The van der Waals surface area contributed by atoms with Crippen molar-refractivity contribution in [2.24, 2.45) is 21.7 Å². The first-order valence-electron chi connectivity index (χ1n) is 10.6. The lowest BCUT2D eigenvalue weighted by Crippen LogP contribution is -2.39. The molecule has 0 aliphatic heterocycles. The summed E-state index contributed by atoms with van der Waals surface area (Å²) < 4.78 is 28.8. The molecule has 0 aromatic carbocycles. The van der Waals surface area contributed by atoms with Crippen molar-refractivity contribution < 1.29 is 12.6 Å². The van der Waals surface area contributed by atoms with Crippen molar-refractivity contribution in [3.63, 3.8) is 0 Å². The number of fused-ring (bicyclic) bond motifs is 4. The van der Waals surface area contributed by atoms with Crippen molar-refractivity contribution in [3.05, 3.63) is 0 Å². The van der Waals surface area contributed by atoms with Crippen molar-refractivity contribution in [1.82, 2.24) is 4.90 Å². The topological polar surface area (TPSA) is 46.6 Å². The van der Waals surface area contributed by atoms with Gasteiger partial charge >= 0.3 is 0 Å². The molecule has 0 saturated heterocycles. The van der Waals surface area contributed by atoms with Crippen LogP contribution in [-0.2, 0) is 14.3 Å². The lowest BCUT2D eigenvalue weighted by molar-refractivity contribution is 0.121. The Morgan fingerprint density at radius 1 is 0.808 bits per heavy atom. The van der Waals surface area contributed by atoms with E-state index in [0.29, 0.717) is 16.2 Å². The lowest BCUT2D eigenvalue weighted by atomic mass is 9.80. The average molecular weight is 384 g/mol. The van der Waals surface area contributed by atoms with Crippen LogP contribution in [0.2, 0.25) is 0 Å². The second-order valence-corrected chi connectivity index (χ2v) is 12.5. The van der Waals surface area contributed by atoms with Gasteiger partial charge in [0.2, 0.25) is 0 Å². The highest BCUT2D eigenvalue weighted by molar-refractivity contribution is 7.86. The van der Waals surface area contributed by atoms with Crippen LogP contribution >= 0.6 is 0 Å². The molecule has 0 aromatic heterocycles. The predicted octanol–water partition coefficient (Wildman–Crippen LogP) is 4.21. The van der Waals surface area contributed by atoms with Gasteiger partial charge in [-0.05, 0) is 92.9 Å². The molecule has 4 bridgehead atoms. The summed E-state index contributed by atoms with van der Waals surface area (Å²) >= 11 is 0. The summed E-state index contributed by atoms with van der Waals surface area (Å²) in [5.74, 6) is 0.227. The highest BCUT2D eigenvalue weighted by atomic mass is 32.2. The van der Waals surface area contributed by atoms with Crippen molar-refractivity contribution in [1.29, 1.82) is 0 Å². The zero-order chi connectivity index (χ0) is 18.7. The minimum absolute atomic E-state index is 0.00789. The maximum Gasteiger partial charge on any atom is 0.267 e. The monoisotopic (exact) mass is 383 g/mol. The van der Waals surface area contributed by atoms with Crippen molar-refractivity contribution in [3.8, 4) is 0 Å². The molecule has 0 heterocycles. The third-order valence-electron chi connectivity index (χ3n) is 8.94. The van der Waals surface area contributed by atoms with E-state index < -0.39 is 10.1 Å². The van der Waals surface area contributed by atoms with Gasteiger partial charge < -0.3 is 4.90 Å². The molecule has 4 aliphatic carbocycles. The average Bonchev–Trinajstić information content (AvgIpc) is 3.31. The molecule has 0 radical (unpaired) electrons. The normalized spacial score (nSPS) is 44.5. The fourth-order valence-electron chi connectivity index (χ4n) is 7.66. The van der Waals surface area contributed by atoms with E-state index in [1.54, 1.807) is 0 Å². The van der Waals surface area contributed by atoms with Crippen molar-refractivity contribution in [2.45, 2.75) is 77.6 Å². The molecule has 0 spiro atoms. The molecule has 5 heteroatoms. The second-order valence-electron chi connectivity index (χ2n) is 10.7. The fraction of sp³-hybridized carbons (Fsp3) is 1.00. The van der Waals surface area contributed by atoms with E-state index in [9.17, 15) is 8.42 Å². The molecule has 0 unspecified atom stereocenters. The third kappa shape index (κ3) is 3.26. The van der Waals surface area contributed by atoms with Crippen LogP contribution in [0.25, 0.3) is 0 Å². The summed E-state index contributed by atoms with van der Waals surface area (Å²) in [5, 5.41) is 0. The van der Waals surface area contributed by atoms with Crippen LogP contribution in [0.5, 0.6) is 0 Å². The van der Waals surface area contributed by atoms with E-state index >= 15 is 0 Å². The van der Waals surface area contributed by atoms with Crippen LogP contribution in [0, 0.1) is 21.7 Å². The Morgan fingerprint density at radius 2 is 1.23 bits per heavy atom. The van der Waals surface area contributed by atoms with Gasteiger partial charge in [0.15, 0.2) is 0 Å². The minimum atomic E-state index is -3.35. The predicted molar refractivity (Wildman–Crippen MR) is 104 cm³/mol. The molecular weight excluding hydrogens is 346 g/mol. The van der Waals surface area contributed by atoms with Gasteiger partial charge in [0, 0.05) is 13.1 Å². The highest BCUT2D eigenvalue weighted by Gasteiger charge is 2.57. The van der Waals surface area contributed by atoms with Crippen LogP contribution in [0.3, 0.4) is 0 Å². The zero-order valence-electron chi connectivity index (χ0n) is 17.0. The van der Waals surface area contributed by atoms with Gasteiger partial charge in [-0.2, -0.15) is 8.42 Å². The van der Waals surface area contributed by atoms with E-state index in [0.717, 1.165) is 25.8 Å². The third-order valence-corrected chi connectivity index (χ3v) is 10.4. The van der Waals surface area contributed by atoms with Gasteiger partial charge in [0.25, 0.3) is 10.1 Å². The Balaban J connectivity index is 1.37. The highest BCUT2D eigenvalue weighted by Crippen LogP contribution is 2.64. The molecule has 26 heavy (non-hydrogen) atoms. The van der Waals surface area contributed by atoms with Gasteiger partial charge in [-0.25, -0.2) is 0 Å². The van der Waals surface area contributed by atoms with Gasteiger partial charge in [-0.3, -0.25) is 4.18 Å². The number of hydrogen-bond donors (Lipinski definition) is 0. The molecule has 0 aromatic rings.